The second-order valence-corrected chi connectivity index (χ2v) is 1.55. The first-order valence-electron chi connectivity index (χ1n) is 1.03. The summed E-state index contributed by atoms with van der Waals surface area (Å²) < 4.78 is 48.2. The van der Waals surface area contributed by atoms with E-state index in [-0.39, 0.29) is 1.43 Å². The Morgan fingerprint density at radius 1 is 1.25 bits per heavy atom. The van der Waals surface area contributed by atoms with Crippen LogP contribution >= 0.6 is 0 Å². The predicted molar refractivity (Wildman–Crippen MR) is 25.2 cm³/mol. The molecule has 0 aromatic carbocycles. The number of rotatable bonds is 0. The van der Waals surface area contributed by atoms with Gasteiger partial charge in [-0.2, -0.15) is 16.8 Å². The van der Waals surface area contributed by atoms with Crippen LogP contribution in [-0.4, -0.2) is 25.9 Å². The van der Waals surface area contributed by atoms with Crippen LogP contribution in [0.25, 0.3) is 0 Å². The van der Waals surface area contributed by atoms with Crippen LogP contribution in [0.15, 0.2) is 0 Å². The lowest BCUT2D eigenvalue weighted by atomic mass is 15.8. The molecule has 0 saturated carbocycles. The summed E-state index contributed by atoms with van der Waals surface area (Å²) in [7, 11) is -4.67. The molecule has 0 fully saturated rings. The fourth-order valence-electron chi connectivity index (χ4n) is 0. The average molecular weight is 164 g/mol. The third kappa shape index (κ3) is 1300. The SMILES string of the molecule is O=S(=O)(O)O.O=S=O.[HH]. The van der Waals surface area contributed by atoms with Gasteiger partial charge in [0.25, 0.3) is 0 Å². The van der Waals surface area contributed by atoms with Gasteiger partial charge in [-0.05, 0) is 0 Å². The van der Waals surface area contributed by atoms with Gasteiger partial charge in [0.1, 0.15) is 0 Å². The van der Waals surface area contributed by atoms with E-state index in [1.54, 1.807) is 0 Å². The highest BCUT2D eigenvalue weighted by Gasteiger charge is 1.84. The van der Waals surface area contributed by atoms with Crippen molar-refractivity contribution in [2.45, 2.75) is 0 Å². The largest absolute Gasteiger partial charge is 0.394 e. The molecular formula is H4O6S2. The number of hydrogen-bond donors (Lipinski definition) is 2. The van der Waals surface area contributed by atoms with E-state index < -0.39 is 22.0 Å². The molecule has 0 spiro atoms. The summed E-state index contributed by atoms with van der Waals surface area (Å²) in [5, 5.41) is 0. The van der Waals surface area contributed by atoms with E-state index in [1.807, 2.05) is 0 Å². The van der Waals surface area contributed by atoms with Crippen molar-refractivity contribution in [2.24, 2.45) is 0 Å². The molecule has 0 atom stereocenters. The van der Waals surface area contributed by atoms with Gasteiger partial charge in [0, 0.05) is 1.43 Å². The lowest BCUT2D eigenvalue weighted by molar-refractivity contribution is 0.381. The van der Waals surface area contributed by atoms with Gasteiger partial charge in [-0.15, -0.1) is 0 Å². The predicted octanol–water partition coefficient (Wildman–Crippen LogP) is -1.08. The summed E-state index contributed by atoms with van der Waals surface area (Å²) >= 11 is -0.750. The van der Waals surface area contributed by atoms with Crippen LogP contribution in [0.3, 0.4) is 0 Å². The van der Waals surface area contributed by atoms with Crippen LogP contribution in [0.4, 0.5) is 0 Å². The van der Waals surface area contributed by atoms with E-state index in [0.29, 0.717) is 0 Å². The molecule has 0 amide bonds. The van der Waals surface area contributed by atoms with Crippen molar-refractivity contribution >= 4 is 22.0 Å². The third-order valence-corrected chi connectivity index (χ3v) is 0. The summed E-state index contributed by atoms with van der Waals surface area (Å²) in [6, 6.07) is 0. The van der Waals surface area contributed by atoms with Gasteiger partial charge in [-0.25, -0.2) is 0 Å². The van der Waals surface area contributed by atoms with Gasteiger partial charge < -0.3 is 0 Å². The Hall–Kier alpha value is -0.310. The molecule has 0 aliphatic heterocycles. The molecule has 0 heterocycles. The smallest absolute Gasteiger partial charge is 0.264 e. The molecule has 0 saturated heterocycles. The van der Waals surface area contributed by atoms with Gasteiger partial charge in [0.15, 0.2) is 0 Å². The van der Waals surface area contributed by atoms with Crippen LogP contribution in [0.1, 0.15) is 1.43 Å². The highest BCUT2D eigenvalue weighted by Crippen LogP contribution is 1.59. The first kappa shape index (κ1) is 10.6. The Morgan fingerprint density at radius 2 is 1.25 bits per heavy atom. The van der Waals surface area contributed by atoms with Gasteiger partial charge >= 0.3 is 22.0 Å². The summed E-state index contributed by atoms with van der Waals surface area (Å²) in [4.78, 5) is 0. The summed E-state index contributed by atoms with van der Waals surface area (Å²) in [6.45, 7) is 0. The molecule has 0 aromatic rings. The second-order valence-electron chi connectivity index (χ2n) is 0.516. The quantitative estimate of drug-likeness (QED) is 0.441. The standard InChI is InChI=1S/H2O4S.O2S.H2/c1-5(2,3)4;1-3-2;/h(H2,1,2,3,4);;1H. The topological polar surface area (TPSA) is 109 Å². The maximum Gasteiger partial charge on any atom is 0.394 e. The van der Waals surface area contributed by atoms with Gasteiger partial charge in [-0.1, -0.05) is 0 Å². The number of hydrogen-bond acceptors (Lipinski definition) is 4. The van der Waals surface area contributed by atoms with Crippen LogP contribution in [0, 0.1) is 0 Å². The highest BCUT2D eigenvalue weighted by atomic mass is 32.3. The Labute approximate surface area is 50.2 Å². The van der Waals surface area contributed by atoms with E-state index in [4.69, 9.17) is 25.9 Å². The molecule has 0 rings (SSSR count). The zero-order valence-electron chi connectivity index (χ0n) is 3.34. The van der Waals surface area contributed by atoms with Crippen LogP contribution in [0.2, 0.25) is 0 Å². The average Bonchev–Trinajstić information content (AvgIpc) is 1.27. The summed E-state index contributed by atoms with van der Waals surface area (Å²) in [5.74, 6) is 0. The van der Waals surface area contributed by atoms with Gasteiger partial charge in [0.2, 0.25) is 0 Å². The van der Waals surface area contributed by atoms with Crippen LogP contribution in [-0.2, 0) is 22.0 Å². The van der Waals surface area contributed by atoms with Crippen LogP contribution in [0.5, 0.6) is 0 Å². The molecule has 8 heteroatoms. The first-order chi connectivity index (χ1) is 3.41. The molecule has 0 aliphatic carbocycles. The molecule has 0 aliphatic rings. The van der Waals surface area contributed by atoms with Gasteiger partial charge in [-0.3, -0.25) is 9.11 Å². The van der Waals surface area contributed by atoms with Gasteiger partial charge in [0.05, 0.1) is 0 Å². The van der Waals surface area contributed by atoms with Crippen molar-refractivity contribution in [3.05, 3.63) is 0 Å². The zero-order valence-corrected chi connectivity index (χ0v) is 4.98. The summed E-state index contributed by atoms with van der Waals surface area (Å²) in [5.41, 5.74) is 0. The molecule has 2 N–H and O–H groups in total. The van der Waals surface area contributed by atoms with Crippen molar-refractivity contribution < 1.29 is 27.4 Å². The van der Waals surface area contributed by atoms with Crippen molar-refractivity contribution in [1.29, 1.82) is 0 Å². The lowest BCUT2D eigenvalue weighted by Crippen LogP contribution is -1.89. The maximum atomic E-state index is 8.74. The fraction of sp³-hybridized carbons (Fsp3) is 0. The lowest BCUT2D eigenvalue weighted by Gasteiger charge is -1.68. The molecular weight excluding hydrogens is 160 g/mol. The monoisotopic (exact) mass is 164 g/mol. The third-order valence-electron chi connectivity index (χ3n) is 0. The van der Waals surface area contributed by atoms with E-state index in [0.717, 1.165) is 0 Å². The Kier molecular flexibility index (Phi) is 6.43. The minimum atomic E-state index is -4.67. The second kappa shape index (κ2) is 4.84. The Bertz CT molecular complexity index is 151. The minimum Gasteiger partial charge on any atom is -0.264 e. The first-order valence-corrected chi connectivity index (χ1v) is 3.10. The highest BCUT2D eigenvalue weighted by molar-refractivity contribution is 7.79. The Balaban J connectivity index is -0.0000000800. The van der Waals surface area contributed by atoms with E-state index >= 15 is 0 Å². The normalized spacial score (nSPS) is 8.75. The van der Waals surface area contributed by atoms with Crippen molar-refractivity contribution in [1.82, 2.24) is 0 Å². The van der Waals surface area contributed by atoms with E-state index in [1.165, 1.54) is 0 Å². The van der Waals surface area contributed by atoms with E-state index in [2.05, 4.69) is 0 Å². The Morgan fingerprint density at radius 3 is 1.25 bits per heavy atom. The molecule has 0 unspecified atom stereocenters. The van der Waals surface area contributed by atoms with Crippen molar-refractivity contribution in [3.8, 4) is 0 Å². The minimum absolute atomic E-state index is 0. The molecule has 6 nitrogen and oxygen atoms in total. The molecule has 0 bridgehead atoms. The molecule has 0 aromatic heterocycles. The fourth-order valence-corrected chi connectivity index (χ4v) is 0. The van der Waals surface area contributed by atoms with E-state index in [9.17, 15) is 0 Å². The van der Waals surface area contributed by atoms with Crippen LogP contribution < -0.4 is 0 Å². The molecule has 52 valence electrons. The van der Waals surface area contributed by atoms with Crippen molar-refractivity contribution in [3.63, 3.8) is 0 Å². The molecule has 0 radical (unpaired) electrons. The summed E-state index contributed by atoms with van der Waals surface area (Å²) in [6.07, 6.45) is 0. The molecule has 8 heavy (non-hydrogen) atoms. The zero-order chi connectivity index (χ0) is 7.21. The maximum absolute atomic E-state index is 8.74. The van der Waals surface area contributed by atoms with Crippen molar-refractivity contribution in [2.75, 3.05) is 0 Å².